The van der Waals surface area contributed by atoms with E-state index in [0.717, 1.165) is 42.3 Å². The number of sulfonamides is 1. The Kier molecular flexibility index (Phi) is 6.33. The van der Waals surface area contributed by atoms with Crippen molar-refractivity contribution in [2.75, 3.05) is 6.61 Å². The molecule has 1 aliphatic rings. The summed E-state index contributed by atoms with van der Waals surface area (Å²) >= 11 is 0. The number of nitrogens with one attached hydrogen (secondary N) is 1. The highest BCUT2D eigenvalue weighted by molar-refractivity contribution is 7.89. The molecule has 3 heterocycles. The highest BCUT2D eigenvalue weighted by atomic mass is 32.2. The number of pyridine rings is 1. The van der Waals surface area contributed by atoms with Crippen LogP contribution in [0.3, 0.4) is 0 Å². The Morgan fingerprint density at radius 3 is 2.69 bits per heavy atom. The molecule has 184 valence electrons. The van der Waals surface area contributed by atoms with Gasteiger partial charge in [-0.05, 0) is 57.9 Å². The van der Waals surface area contributed by atoms with Gasteiger partial charge in [0.15, 0.2) is 0 Å². The SMILES string of the molecule is Cc1nn(C2CCCC2)c(C)c1S(=O)(=O)NC(C)COc1cccc2c1cnn2-c1cccnc1. The first kappa shape index (κ1) is 23.5. The molecule has 3 aromatic heterocycles. The van der Waals surface area contributed by atoms with Crippen LogP contribution in [-0.4, -0.2) is 45.6 Å². The van der Waals surface area contributed by atoms with Gasteiger partial charge in [-0.2, -0.15) is 10.2 Å². The van der Waals surface area contributed by atoms with Crippen molar-refractivity contribution in [2.45, 2.75) is 63.4 Å². The Labute approximate surface area is 205 Å². The van der Waals surface area contributed by atoms with E-state index in [1.807, 2.05) is 41.9 Å². The van der Waals surface area contributed by atoms with Gasteiger partial charge in [-0.3, -0.25) is 9.67 Å². The minimum Gasteiger partial charge on any atom is -0.491 e. The van der Waals surface area contributed by atoms with Crippen LogP contribution in [0.1, 0.15) is 50.0 Å². The lowest BCUT2D eigenvalue weighted by molar-refractivity contribution is 0.290. The summed E-state index contributed by atoms with van der Waals surface area (Å²) in [5, 5.41) is 9.90. The number of nitrogens with zero attached hydrogens (tertiary/aromatic N) is 5. The van der Waals surface area contributed by atoms with Gasteiger partial charge in [-0.1, -0.05) is 18.9 Å². The van der Waals surface area contributed by atoms with Crippen LogP contribution in [-0.2, 0) is 10.0 Å². The van der Waals surface area contributed by atoms with Crippen LogP contribution < -0.4 is 9.46 Å². The maximum atomic E-state index is 13.3. The van der Waals surface area contributed by atoms with Gasteiger partial charge in [-0.15, -0.1) is 0 Å². The van der Waals surface area contributed by atoms with E-state index in [0.29, 0.717) is 17.1 Å². The first-order valence-electron chi connectivity index (χ1n) is 11.9. The van der Waals surface area contributed by atoms with Crippen molar-refractivity contribution >= 4 is 20.9 Å². The molecule has 1 unspecified atom stereocenters. The van der Waals surface area contributed by atoms with E-state index in [1.165, 1.54) is 0 Å². The molecular formula is C25H30N6O3S. The molecule has 1 atom stereocenters. The van der Waals surface area contributed by atoms with Gasteiger partial charge in [0.1, 0.15) is 17.3 Å². The standard InChI is InChI=1S/C25H30N6O3S/c1-17(29-35(32,33)25-18(2)28-30(19(25)3)20-8-4-5-9-20)16-34-24-12-6-11-23-22(24)15-27-31(23)21-10-7-13-26-14-21/h6-7,10-15,17,20,29H,4-5,8-9,16H2,1-3H3. The van der Waals surface area contributed by atoms with Crippen LogP contribution in [0.5, 0.6) is 5.75 Å². The fraction of sp³-hybridized carbons (Fsp3) is 0.400. The number of hydrogen-bond acceptors (Lipinski definition) is 6. The molecule has 10 heteroatoms. The Balaban J connectivity index is 1.31. The summed E-state index contributed by atoms with van der Waals surface area (Å²) in [6.45, 7) is 5.57. The van der Waals surface area contributed by atoms with Crippen LogP contribution in [0.2, 0.25) is 0 Å². The summed E-state index contributed by atoms with van der Waals surface area (Å²) in [4.78, 5) is 4.44. The third kappa shape index (κ3) is 4.55. The van der Waals surface area contributed by atoms with Crippen LogP contribution in [0.15, 0.2) is 53.8 Å². The average molecular weight is 495 g/mol. The second-order valence-corrected chi connectivity index (χ2v) is 10.8. The van der Waals surface area contributed by atoms with E-state index in [9.17, 15) is 8.42 Å². The Morgan fingerprint density at radius 2 is 1.94 bits per heavy atom. The van der Waals surface area contributed by atoms with Gasteiger partial charge in [0.05, 0.1) is 52.5 Å². The molecule has 1 saturated carbocycles. The van der Waals surface area contributed by atoms with Gasteiger partial charge >= 0.3 is 0 Å². The topological polar surface area (TPSA) is 104 Å². The molecule has 1 aliphatic carbocycles. The van der Waals surface area contributed by atoms with E-state index in [2.05, 4.69) is 19.9 Å². The van der Waals surface area contributed by atoms with Crippen molar-refractivity contribution in [1.29, 1.82) is 0 Å². The van der Waals surface area contributed by atoms with E-state index in [-0.39, 0.29) is 17.5 Å². The summed E-state index contributed by atoms with van der Waals surface area (Å²) in [6.07, 6.45) is 9.61. The number of fused-ring (bicyclic) bond motifs is 1. The predicted octanol–water partition coefficient (Wildman–Crippen LogP) is 4.09. The minimum absolute atomic E-state index is 0.172. The van der Waals surface area contributed by atoms with Gasteiger partial charge < -0.3 is 4.74 Å². The quantitative estimate of drug-likeness (QED) is 0.396. The summed E-state index contributed by atoms with van der Waals surface area (Å²) in [5.74, 6) is 0.644. The third-order valence-corrected chi connectivity index (χ3v) is 8.35. The molecule has 0 spiro atoms. The van der Waals surface area contributed by atoms with E-state index < -0.39 is 16.1 Å². The Hall–Kier alpha value is -3.24. The highest BCUT2D eigenvalue weighted by Crippen LogP contribution is 2.33. The zero-order chi connectivity index (χ0) is 24.6. The first-order valence-corrected chi connectivity index (χ1v) is 13.4. The zero-order valence-electron chi connectivity index (χ0n) is 20.2. The molecule has 9 nitrogen and oxygen atoms in total. The van der Waals surface area contributed by atoms with Crippen molar-refractivity contribution in [1.82, 2.24) is 29.3 Å². The number of benzene rings is 1. The van der Waals surface area contributed by atoms with Crippen molar-refractivity contribution in [2.24, 2.45) is 0 Å². The summed E-state index contributed by atoms with van der Waals surface area (Å²) in [5.41, 5.74) is 2.96. The molecule has 1 fully saturated rings. The number of ether oxygens (including phenoxy) is 1. The molecule has 4 aromatic rings. The first-order chi connectivity index (χ1) is 16.8. The molecule has 0 radical (unpaired) electrons. The Morgan fingerprint density at radius 1 is 1.14 bits per heavy atom. The highest BCUT2D eigenvalue weighted by Gasteiger charge is 2.29. The lowest BCUT2D eigenvalue weighted by Crippen LogP contribution is -2.37. The van der Waals surface area contributed by atoms with Crippen molar-refractivity contribution in [3.05, 3.63) is 60.3 Å². The average Bonchev–Trinajstić information content (AvgIpc) is 3.57. The monoisotopic (exact) mass is 494 g/mol. The van der Waals surface area contributed by atoms with E-state index in [4.69, 9.17) is 4.74 Å². The molecule has 0 aliphatic heterocycles. The van der Waals surface area contributed by atoms with Crippen LogP contribution in [0, 0.1) is 13.8 Å². The van der Waals surface area contributed by atoms with E-state index in [1.54, 1.807) is 37.1 Å². The summed E-state index contributed by atoms with van der Waals surface area (Å²) in [6, 6.07) is 9.34. The van der Waals surface area contributed by atoms with Crippen LogP contribution in [0.25, 0.3) is 16.6 Å². The maximum absolute atomic E-state index is 13.3. The molecule has 0 saturated heterocycles. The predicted molar refractivity (Wildman–Crippen MR) is 133 cm³/mol. The van der Waals surface area contributed by atoms with Crippen LogP contribution >= 0.6 is 0 Å². The fourth-order valence-electron chi connectivity index (χ4n) is 4.95. The third-order valence-electron chi connectivity index (χ3n) is 6.51. The molecule has 35 heavy (non-hydrogen) atoms. The van der Waals surface area contributed by atoms with Gasteiger partial charge in [-0.25, -0.2) is 17.8 Å². The normalized spacial score (nSPS) is 15.6. The van der Waals surface area contributed by atoms with Crippen LogP contribution in [0.4, 0.5) is 0 Å². The molecular weight excluding hydrogens is 464 g/mol. The van der Waals surface area contributed by atoms with Crippen molar-refractivity contribution in [3.63, 3.8) is 0 Å². The Bertz CT molecular complexity index is 1440. The lowest BCUT2D eigenvalue weighted by Gasteiger charge is -2.16. The minimum atomic E-state index is -3.75. The van der Waals surface area contributed by atoms with Crippen molar-refractivity contribution in [3.8, 4) is 11.4 Å². The zero-order valence-corrected chi connectivity index (χ0v) is 21.0. The number of hydrogen-bond donors (Lipinski definition) is 1. The second kappa shape index (κ2) is 9.43. The van der Waals surface area contributed by atoms with E-state index >= 15 is 0 Å². The summed E-state index contributed by atoms with van der Waals surface area (Å²) < 4.78 is 39.0. The van der Waals surface area contributed by atoms with Gasteiger partial charge in [0, 0.05) is 6.20 Å². The second-order valence-electron chi connectivity index (χ2n) is 9.17. The smallest absolute Gasteiger partial charge is 0.244 e. The molecule has 0 bridgehead atoms. The molecule has 1 aromatic carbocycles. The number of rotatable bonds is 8. The molecule has 1 N–H and O–H groups in total. The van der Waals surface area contributed by atoms with Gasteiger partial charge in [0.25, 0.3) is 0 Å². The number of aryl methyl sites for hydroxylation is 1. The molecule has 5 rings (SSSR count). The largest absolute Gasteiger partial charge is 0.491 e. The molecule has 0 amide bonds. The fourth-order valence-corrected chi connectivity index (χ4v) is 6.58. The lowest BCUT2D eigenvalue weighted by atomic mass is 10.2. The summed E-state index contributed by atoms with van der Waals surface area (Å²) in [7, 11) is -3.75. The maximum Gasteiger partial charge on any atom is 0.244 e. The van der Waals surface area contributed by atoms with Crippen molar-refractivity contribution < 1.29 is 13.2 Å². The number of aromatic nitrogens is 5. The van der Waals surface area contributed by atoms with Gasteiger partial charge in [0.2, 0.25) is 10.0 Å².